The van der Waals surface area contributed by atoms with E-state index in [0.717, 1.165) is 12.8 Å². The van der Waals surface area contributed by atoms with E-state index < -0.39 is 11.8 Å². The van der Waals surface area contributed by atoms with Crippen molar-refractivity contribution in [3.63, 3.8) is 0 Å². The average molecular weight is 224 g/mol. The molecule has 0 saturated heterocycles. The molecular weight excluding hydrogens is 211 g/mol. The Labute approximate surface area is 92.5 Å². The second kappa shape index (κ2) is 4.12. The molecule has 1 atom stereocenters. The summed E-state index contributed by atoms with van der Waals surface area (Å²) in [6.07, 6.45) is 1.85. The first-order valence-corrected chi connectivity index (χ1v) is 5.28. The molecule has 0 amide bonds. The normalized spacial score (nSPS) is 17.1. The standard InChI is InChI=1S/C12H13FO3/c13-8-3-4-11(14)10(5-8)9(6-12(15)16)7-1-2-7/h3-5,7,9,14H,1-2,6H2,(H,15,16). The van der Waals surface area contributed by atoms with Gasteiger partial charge in [-0.25, -0.2) is 4.39 Å². The lowest BCUT2D eigenvalue weighted by Gasteiger charge is -2.15. The minimum Gasteiger partial charge on any atom is -0.508 e. The monoisotopic (exact) mass is 224 g/mol. The number of phenolic OH excluding ortho intramolecular Hbond substituents is 1. The molecule has 1 aromatic carbocycles. The number of halogens is 1. The largest absolute Gasteiger partial charge is 0.508 e. The summed E-state index contributed by atoms with van der Waals surface area (Å²) in [5.74, 6) is -1.37. The van der Waals surface area contributed by atoms with E-state index in [4.69, 9.17) is 5.11 Å². The van der Waals surface area contributed by atoms with E-state index >= 15 is 0 Å². The van der Waals surface area contributed by atoms with Gasteiger partial charge in [-0.15, -0.1) is 0 Å². The van der Waals surface area contributed by atoms with Gasteiger partial charge < -0.3 is 10.2 Å². The molecule has 86 valence electrons. The molecule has 1 aliphatic rings. The Bertz CT molecular complexity index is 413. The number of aromatic hydroxyl groups is 1. The summed E-state index contributed by atoms with van der Waals surface area (Å²) in [7, 11) is 0. The zero-order valence-electron chi connectivity index (χ0n) is 8.69. The van der Waals surface area contributed by atoms with Crippen LogP contribution in [0.25, 0.3) is 0 Å². The van der Waals surface area contributed by atoms with E-state index in [0.29, 0.717) is 5.56 Å². The molecule has 0 spiro atoms. The van der Waals surface area contributed by atoms with Crippen molar-refractivity contribution in [2.75, 3.05) is 0 Å². The van der Waals surface area contributed by atoms with Crippen LogP contribution in [-0.2, 0) is 4.79 Å². The van der Waals surface area contributed by atoms with Crippen molar-refractivity contribution in [2.45, 2.75) is 25.2 Å². The summed E-state index contributed by atoms with van der Waals surface area (Å²) in [5, 5.41) is 18.4. The minimum absolute atomic E-state index is 0.0143. The van der Waals surface area contributed by atoms with Gasteiger partial charge in [-0.3, -0.25) is 4.79 Å². The Morgan fingerprint density at radius 3 is 2.75 bits per heavy atom. The molecular formula is C12H13FO3. The summed E-state index contributed by atoms with van der Waals surface area (Å²) in [6.45, 7) is 0. The highest BCUT2D eigenvalue weighted by molar-refractivity contribution is 5.68. The maximum atomic E-state index is 13.1. The summed E-state index contributed by atoms with van der Waals surface area (Å²) in [6, 6.07) is 3.69. The van der Waals surface area contributed by atoms with Crippen LogP contribution >= 0.6 is 0 Å². The van der Waals surface area contributed by atoms with Gasteiger partial charge in [-0.2, -0.15) is 0 Å². The van der Waals surface area contributed by atoms with Crippen molar-refractivity contribution in [3.05, 3.63) is 29.6 Å². The van der Waals surface area contributed by atoms with Crippen LogP contribution in [0.4, 0.5) is 4.39 Å². The topological polar surface area (TPSA) is 57.5 Å². The van der Waals surface area contributed by atoms with E-state index in [-0.39, 0.29) is 24.0 Å². The van der Waals surface area contributed by atoms with Gasteiger partial charge in [0.1, 0.15) is 11.6 Å². The van der Waals surface area contributed by atoms with E-state index in [9.17, 15) is 14.3 Å². The molecule has 1 unspecified atom stereocenters. The van der Waals surface area contributed by atoms with Crippen molar-refractivity contribution in [3.8, 4) is 5.75 Å². The number of rotatable bonds is 4. The lowest BCUT2D eigenvalue weighted by atomic mass is 9.90. The third-order valence-electron chi connectivity index (χ3n) is 2.97. The van der Waals surface area contributed by atoms with Gasteiger partial charge >= 0.3 is 5.97 Å². The summed E-state index contributed by atoms with van der Waals surface area (Å²) in [4.78, 5) is 10.7. The predicted octanol–water partition coefficient (Wildman–Crippen LogP) is 2.50. The molecule has 16 heavy (non-hydrogen) atoms. The van der Waals surface area contributed by atoms with Crippen molar-refractivity contribution >= 4 is 5.97 Å². The highest BCUT2D eigenvalue weighted by Crippen LogP contribution is 2.46. The third kappa shape index (κ3) is 2.32. The van der Waals surface area contributed by atoms with Crippen LogP contribution in [0.2, 0.25) is 0 Å². The molecule has 0 heterocycles. The number of phenols is 1. The maximum absolute atomic E-state index is 13.1. The molecule has 0 aromatic heterocycles. The Kier molecular flexibility index (Phi) is 2.81. The highest BCUT2D eigenvalue weighted by atomic mass is 19.1. The molecule has 0 radical (unpaired) electrons. The van der Waals surface area contributed by atoms with Crippen LogP contribution in [0.1, 0.15) is 30.7 Å². The zero-order chi connectivity index (χ0) is 11.7. The third-order valence-corrected chi connectivity index (χ3v) is 2.97. The van der Waals surface area contributed by atoms with Crippen molar-refractivity contribution in [2.24, 2.45) is 5.92 Å². The number of carboxylic acid groups (broad SMARTS) is 1. The van der Waals surface area contributed by atoms with Crippen LogP contribution < -0.4 is 0 Å². The Morgan fingerprint density at radius 2 is 2.19 bits per heavy atom. The second-order valence-electron chi connectivity index (χ2n) is 4.24. The van der Waals surface area contributed by atoms with Gasteiger partial charge in [0.05, 0.1) is 6.42 Å². The van der Waals surface area contributed by atoms with Crippen molar-refractivity contribution < 1.29 is 19.4 Å². The first-order valence-electron chi connectivity index (χ1n) is 5.28. The first-order chi connectivity index (χ1) is 7.58. The molecule has 0 aliphatic heterocycles. The van der Waals surface area contributed by atoms with Gasteiger partial charge in [-0.1, -0.05) is 0 Å². The summed E-state index contributed by atoms with van der Waals surface area (Å²) < 4.78 is 13.1. The first kappa shape index (κ1) is 10.9. The van der Waals surface area contributed by atoms with Crippen LogP contribution in [0.3, 0.4) is 0 Å². The Hall–Kier alpha value is -1.58. The maximum Gasteiger partial charge on any atom is 0.303 e. The molecule has 1 saturated carbocycles. The van der Waals surface area contributed by atoms with Crippen molar-refractivity contribution in [1.82, 2.24) is 0 Å². The molecule has 2 rings (SSSR count). The fraction of sp³-hybridized carbons (Fsp3) is 0.417. The number of aliphatic carboxylic acids is 1. The number of carboxylic acids is 1. The smallest absolute Gasteiger partial charge is 0.303 e. The van der Waals surface area contributed by atoms with Gasteiger partial charge in [0.15, 0.2) is 0 Å². The predicted molar refractivity (Wildman–Crippen MR) is 55.8 cm³/mol. The van der Waals surface area contributed by atoms with E-state index in [2.05, 4.69) is 0 Å². The van der Waals surface area contributed by atoms with Gasteiger partial charge in [0.2, 0.25) is 0 Å². The van der Waals surface area contributed by atoms with Gasteiger partial charge in [-0.05, 0) is 37.0 Å². The fourth-order valence-corrected chi connectivity index (χ4v) is 2.04. The Morgan fingerprint density at radius 1 is 1.50 bits per heavy atom. The SMILES string of the molecule is O=C(O)CC(c1cc(F)ccc1O)C1CC1. The van der Waals surface area contributed by atoms with Crippen LogP contribution in [-0.4, -0.2) is 16.2 Å². The molecule has 0 bridgehead atoms. The van der Waals surface area contributed by atoms with Crippen LogP contribution in [0, 0.1) is 11.7 Å². The van der Waals surface area contributed by atoms with Crippen LogP contribution in [0.15, 0.2) is 18.2 Å². The summed E-state index contributed by atoms with van der Waals surface area (Å²) in [5.41, 5.74) is 0.421. The number of benzene rings is 1. The summed E-state index contributed by atoms with van der Waals surface area (Å²) >= 11 is 0. The number of hydrogen-bond acceptors (Lipinski definition) is 2. The van der Waals surface area contributed by atoms with Crippen molar-refractivity contribution in [1.29, 1.82) is 0 Å². The molecule has 1 aromatic rings. The molecule has 3 nitrogen and oxygen atoms in total. The molecule has 1 aliphatic carbocycles. The minimum atomic E-state index is -0.916. The number of carbonyl (C=O) groups is 1. The van der Waals surface area contributed by atoms with Crippen LogP contribution in [0.5, 0.6) is 5.75 Å². The lowest BCUT2D eigenvalue weighted by molar-refractivity contribution is -0.137. The molecule has 1 fully saturated rings. The fourth-order valence-electron chi connectivity index (χ4n) is 2.04. The quantitative estimate of drug-likeness (QED) is 0.826. The zero-order valence-corrected chi connectivity index (χ0v) is 8.69. The van der Waals surface area contributed by atoms with E-state index in [1.54, 1.807) is 0 Å². The average Bonchev–Trinajstić information content (AvgIpc) is 3.02. The molecule has 2 N–H and O–H groups in total. The Balaban J connectivity index is 2.30. The van der Waals surface area contributed by atoms with Gasteiger partial charge in [0, 0.05) is 11.5 Å². The number of hydrogen-bond donors (Lipinski definition) is 2. The highest BCUT2D eigenvalue weighted by Gasteiger charge is 2.35. The van der Waals surface area contributed by atoms with E-state index in [1.807, 2.05) is 0 Å². The lowest BCUT2D eigenvalue weighted by Crippen LogP contribution is -2.08. The second-order valence-corrected chi connectivity index (χ2v) is 4.24. The van der Waals surface area contributed by atoms with Gasteiger partial charge in [0.25, 0.3) is 0 Å². The molecule has 4 heteroatoms. The van der Waals surface area contributed by atoms with E-state index in [1.165, 1.54) is 18.2 Å².